The molecule has 1 atom stereocenters. The summed E-state index contributed by atoms with van der Waals surface area (Å²) in [4.78, 5) is 1.46. The quantitative estimate of drug-likeness (QED) is 0.859. The monoisotopic (exact) mass is 304 g/mol. The number of rotatable bonds is 4. The Morgan fingerprint density at radius 3 is 2.48 bits per heavy atom. The van der Waals surface area contributed by atoms with Crippen LogP contribution in [0.5, 0.6) is 0 Å². The number of hydrogen-bond acceptors (Lipinski definition) is 2. The van der Waals surface area contributed by atoms with Gasteiger partial charge in [-0.15, -0.1) is 0 Å². The molecule has 118 valence electrons. The van der Waals surface area contributed by atoms with E-state index in [0.29, 0.717) is 6.54 Å². The minimum absolute atomic E-state index is 0.287. The second kappa shape index (κ2) is 5.93. The molecule has 1 heterocycles. The molecule has 2 rings (SSSR count). The number of hydrogen-bond donors (Lipinski definition) is 1. The van der Waals surface area contributed by atoms with Crippen molar-refractivity contribution in [2.24, 2.45) is 0 Å². The average Bonchev–Trinajstić information content (AvgIpc) is 2.38. The van der Waals surface area contributed by atoms with Crippen LogP contribution in [-0.2, 0) is 0 Å². The van der Waals surface area contributed by atoms with Gasteiger partial charge in [0.1, 0.15) is 0 Å². The molecule has 0 bridgehead atoms. The molecule has 1 aromatic rings. The van der Waals surface area contributed by atoms with Crippen LogP contribution in [0.2, 0.25) is 0 Å². The van der Waals surface area contributed by atoms with Gasteiger partial charge in [0, 0.05) is 24.7 Å². The van der Waals surface area contributed by atoms with E-state index in [0.717, 1.165) is 5.56 Å². The molecule has 1 aliphatic heterocycles. The van der Waals surface area contributed by atoms with Crippen LogP contribution in [0, 0.1) is 0 Å². The fraction of sp³-hybridized carbons (Fsp3) is 0.600. The third kappa shape index (κ3) is 3.95. The van der Waals surface area contributed by atoms with Crippen LogP contribution in [-0.4, -0.2) is 42.4 Å². The van der Waals surface area contributed by atoms with Crippen molar-refractivity contribution in [1.82, 2.24) is 10.2 Å². The van der Waals surface area contributed by atoms with Crippen molar-refractivity contribution in [2.75, 3.05) is 19.6 Å². The summed E-state index contributed by atoms with van der Waals surface area (Å²) in [7, 11) is 0. The lowest BCUT2D eigenvalue weighted by atomic mass is 9.94. The van der Waals surface area contributed by atoms with Crippen molar-refractivity contribution in [3.05, 3.63) is 35.9 Å². The van der Waals surface area contributed by atoms with Crippen molar-refractivity contribution in [2.45, 2.75) is 37.8 Å². The van der Waals surface area contributed by atoms with Gasteiger partial charge < -0.3 is 5.32 Å². The van der Waals surface area contributed by atoms with E-state index in [2.05, 4.69) is 5.32 Å². The van der Waals surface area contributed by atoms with Crippen LogP contribution in [0.25, 0.3) is 0 Å². The summed E-state index contributed by atoms with van der Waals surface area (Å²) in [6.45, 7) is 3.56. The first-order valence-electron chi connectivity index (χ1n) is 6.91. The SMILES string of the molecule is CC1(C)CN(CC(F)(F)C(F)F)C(c2ccccc2)CN1. The summed E-state index contributed by atoms with van der Waals surface area (Å²) in [6.07, 6.45) is -3.65. The van der Waals surface area contributed by atoms with E-state index in [-0.39, 0.29) is 18.1 Å². The zero-order valence-corrected chi connectivity index (χ0v) is 12.1. The van der Waals surface area contributed by atoms with Crippen molar-refractivity contribution < 1.29 is 17.6 Å². The van der Waals surface area contributed by atoms with Crippen LogP contribution in [0.4, 0.5) is 17.6 Å². The smallest absolute Gasteiger partial charge is 0.309 e. The third-order valence-corrected chi connectivity index (χ3v) is 3.73. The van der Waals surface area contributed by atoms with Crippen LogP contribution in [0.1, 0.15) is 25.5 Å². The van der Waals surface area contributed by atoms with Crippen molar-refractivity contribution >= 4 is 0 Å². The van der Waals surface area contributed by atoms with Gasteiger partial charge in [-0.05, 0) is 19.4 Å². The molecule has 1 aliphatic rings. The highest BCUT2D eigenvalue weighted by Gasteiger charge is 2.45. The maximum absolute atomic E-state index is 13.5. The first-order valence-corrected chi connectivity index (χ1v) is 6.91. The predicted molar refractivity (Wildman–Crippen MR) is 73.8 cm³/mol. The summed E-state index contributed by atoms with van der Waals surface area (Å²) in [5.74, 6) is -4.00. The number of benzene rings is 1. The molecule has 0 aliphatic carbocycles. The van der Waals surface area contributed by atoms with E-state index in [1.54, 1.807) is 0 Å². The van der Waals surface area contributed by atoms with Crippen molar-refractivity contribution in [1.29, 1.82) is 0 Å². The van der Waals surface area contributed by atoms with Gasteiger partial charge in [0.15, 0.2) is 0 Å². The zero-order chi connectivity index (χ0) is 15.7. The van der Waals surface area contributed by atoms with Gasteiger partial charge in [0.2, 0.25) is 0 Å². The van der Waals surface area contributed by atoms with Gasteiger partial charge in [0.05, 0.1) is 6.54 Å². The van der Waals surface area contributed by atoms with Crippen molar-refractivity contribution in [3.63, 3.8) is 0 Å². The molecular formula is C15H20F4N2. The molecule has 1 unspecified atom stereocenters. The maximum Gasteiger partial charge on any atom is 0.319 e. The summed E-state index contributed by atoms with van der Waals surface area (Å²) in [6, 6.07) is 8.80. The lowest BCUT2D eigenvalue weighted by Gasteiger charge is -2.45. The Morgan fingerprint density at radius 2 is 1.90 bits per heavy atom. The number of nitrogens with one attached hydrogen (secondary N) is 1. The van der Waals surface area contributed by atoms with Crippen molar-refractivity contribution in [3.8, 4) is 0 Å². The Hall–Kier alpha value is -1.14. The van der Waals surface area contributed by atoms with Gasteiger partial charge in [0.25, 0.3) is 0 Å². The molecule has 6 heteroatoms. The highest BCUT2D eigenvalue weighted by atomic mass is 19.3. The first-order chi connectivity index (χ1) is 9.71. The van der Waals surface area contributed by atoms with Gasteiger partial charge >= 0.3 is 12.3 Å². The molecule has 0 saturated carbocycles. The Bertz CT molecular complexity index is 462. The van der Waals surface area contributed by atoms with E-state index in [9.17, 15) is 17.6 Å². The van der Waals surface area contributed by atoms with Gasteiger partial charge in [-0.2, -0.15) is 8.78 Å². The summed E-state index contributed by atoms with van der Waals surface area (Å²) >= 11 is 0. The Labute approximate surface area is 122 Å². The zero-order valence-electron chi connectivity index (χ0n) is 12.1. The molecule has 1 saturated heterocycles. The molecule has 1 fully saturated rings. The standard InChI is InChI=1S/C15H20F4N2/c1-14(2)9-21(10-15(18,19)13(16)17)12(8-20-14)11-6-4-3-5-7-11/h3-7,12-13,20H,8-10H2,1-2H3. The highest BCUT2D eigenvalue weighted by Crippen LogP contribution is 2.32. The van der Waals surface area contributed by atoms with E-state index in [4.69, 9.17) is 0 Å². The molecule has 0 amide bonds. The van der Waals surface area contributed by atoms with E-state index < -0.39 is 18.9 Å². The molecule has 0 radical (unpaired) electrons. The molecule has 1 aromatic carbocycles. The fourth-order valence-corrected chi connectivity index (χ4v) is 2.69. The Kier molecular flexibility index (Phi) is 4.58. The summed E-state index contributed by atoms with van der Waals surface area (Å²) in [5.41, 5.74) is 0.467. The largest absolute Gasteiger partial charge is 0.319 e. The first kappa shape index (κ1) is 16.2. The van der Waals surface area contributed by atoms with Crippen LogP contribution in [0.3, 0.4) is 0 Å². The van der Waals surface area contributed by atoms with Crippen LogP contribution in [0.15, 0.2) is 30.3 Å². The summed E-state index contributed by atoms with van der Waals surface area (Å²) < 4.78 is 51.9. The molecule has 1 N–H and O–H groups in total. The van der Waals surface area contributed by atoms with Gasteiger partial charge in [-0.3, -0.25) is 4.90 Å². The number of nitrogens with zero attached hydrogens (tertiary/aromatic N) is 1. The topological polar surface area (TPSA) is 15.3 Å². The van der Waals surface area contributed by atoms with Gasteiger partial charge in [-0.25, -0.2) is 8.78 Å². The Balaban J connectivity index is 2.22. The highest BCUT2D eigenvalue weighted by molar-refractivity contribution is 5.21. The van der Waals surface area contributed by atoms with Crippen LogP contribution >= 0.6 is 0 Å². The minimum atomic E-state index is -4.00. The number of halogens is 4. The Morgan fingerprint density at radius 1 is 1.29 bits per heavy atom. The third-order valence-electron chi connectivity index (χ3n) is 3.73. The lowest BCUT2D eigenvalue weighted by molar-refractivity contribution is -0.151. The van der Waals surface area contributed by atoms with Gasteiger partial charge in [-0.1, -0.05) is 30.3 Å². The molecule has 0 aromatic heterocycles. The molecule has 0 spiro atoms. The maximum atomic E-state index is 13.5. The average molecular weight is 304 g/mol. The van der Waals surface area contributed by atoms with E-state index in [1.807, 2.05) is 44.2 Å². The predicted octanol–water partition coefficient (Wildman–Crippen LogP) is 3.31. The van der Waals surface area contributed by atoms with E-state index >= 15 is 0 Å². The fourth-order valence-electron chi connectivity index (χ4n) is 2.69. The normalized spacial score (nSPS) is 23.5. The minimum Gasteiger partial charge on any atom is -0.309 e. The summed E-state index contributed by atoms with van der Waals surface area (Å²) in [5, 5.41) is 3.28. The van der Waals surface area contributed by atoms with E-state index in [1.165, 1.54) is 4.90 Å². The molecule has 21 heavy (non-hydrogen) atoms. The second-order valence-corrected chi connectivity index (χ2v) is 6.16. The second-order valence-electron chi connectivity index (χ2n) is 6.16. The number of piperazine rings is 1. The number of alkyl halides is 4. The molecular weight excluding hydrogens is 284 g/mol. The molecule has 2 nitrogen and oxygen atoms in total. The van der Waals surface area contributed by atoms with Crippen LogP contribution < -0.4 is 5.32 Å². The lowest BCUT2D eigenvalue weighted by Crippen LogP contribution is -2.60.